The highest BCUT2D eigenvalue weighted by Crippen LogP contribution is 2.25. The summed E-state index contributed by atoms with van der Waals surface area (Å²) >= 11 is 0. The van der Waals surface area contributed by atoms with Crippen molar-refractivity contribution in [2.75, 3.05) is 18.0 Å². The Morgan fingerprint density at radius 3 is 3.31 bits per heavy atom. The zero-order valence-electron chi connectivity index (χ0n) is 8.95. The van der Waals surface area contributed by atoms with Crippen molar-refractivity contribution in [1.29, 1.82) is 0 Å². The highest BCUT2D eigenvalue weighted by Gasteiger charge is 2.26. The van der Waals surface area contributed by atoms with Crippen molar-refractivity contribution in [2.45, 2.75) is 18.9 Å². The standard InChI is InChI=1S/C10H14N6/c11-6-8-2-1-4-16(8)9-10-14-13-7-15(10)5-3-12-9/h3,5,7-8H,1-2,4,6,11H2. The van der Waals surface area contributed by atoms with Crippen molar-refractivity contribution in [1.82, 2.24) is 19.6 Å². The van der Waals surface area contributed by atoms with Gasteiger partial charge >= 0.3 is 0 Å². The van der Waals surface area contributed by atoms with Crippen LogP contribution in [-0.2, 0) is 0 Å². The van der Waals surface area contributed by atoms with Gasteiger partial charge in [0.15, 0.2) is 5.82 Å². The van der Waals surface area contributed by atoms with E-state index in [0.717, 1.165) is 24.4 Å². The second-order valence-electron chi connectivity index (χ2n) is 4.04. The molecule has 6 heteroatoms. The summed E-state index contributed by atoms with van der Waals surface area (Å²) in [5, 5.41) is 8.00. The molecule has 1 atom stereocenters. The molecule has 6 nitrogen and oxygen atoms in total. The Balaban J connectivity index is 2.07. The van der Waals surface area contributed by atoms with Crippen molar-refractivity contribution < 1.29 is 0 Å². The normalized spacial score (nSPS) is 20.8. The van der Waals surface area contributed by atoms with E-state index in [1.54, 1.807) is 12.5 Å². The summed E-state index contributed by atoms with van der Waals surface area (Å²) in [6, 6.07) is 0.385. The summed E-state index contributed by atoms with van der Waals surface area (Å²) in [4.78, 5) is 6.65. The molecule has 1 aliphatic rings. The molecule has 0 spiro atoms. The summed E-state index contributed by atoms with van der Waals surface area (Å²) in [5.41, 5.74) is 6.58. The molecule has 16 heavy (non-hydrogen) atoms. The molecule has 2 aromatic heterocycles. The van der Waals surface area contributed by atoms with Crippen molar-refractivity contribution >= 4 is 11.5 Å². The van der Waals surface area contributed by atoms with Crippen LogP contribution in [0, 0.1) is 0 Å². The van der Waals surface area contributed by atoms with Crippen LogP contribution in [0.3, 0.4) is 0 Å². The van der Waals surface area contributed by atoms with Gasteiger partial charge in [0.1, 0.15) is 6.33 Å². The minimum atomic E-state index is 0.385. The first-order valence-corrected chi connectivity index (χ1v) is 5.51. The highest BCUT2D eigenvalue weighted by atomic mass is 15.3. The average molecular weight is 218 g/mol. The zero-order chi connectivity index (χ0) is 11.0. The van der Waals surface area contributed by atoms with E-state index >= 15 is 0 Å². The number of nitrogens with two attached hydrogens (primary N) is 1. The maximum absolute atomic E-state index is 5.77. The largest absolute Gasteiger partial charge is 0.349 e. The van der Waals surface area contributed by atoms with Gasteiger partial charge in [-0.3, -0.25) is 4.40 Å². The second kappa shape index (κ2) is 3.71. The van der Waals surface area contributed by atoms with E-state index in [1.165, 1.54) is 6.42 Å². The van der Waals surface area contributed by atoms with E-state index in [1.807, 2.05) is 10.6 Å². The first kappa shape index (κ1) is 9.53. The Morgan fingerprint density at radius 2 is 2.44 bits per heavy atom. The molecule has 1 saturated heterocycles. The SMILES string of the molecule is NCC1CCCN1c1nccn2cnnc12. The fraction of sp³-hybridized carbons (Fsp3) is 0.500. The lowest BCUT2D eigenvalue weighted by Crippen LogP contribution is -2.36. The molecule has 0 aliphatic carbocycles. The Kier molecular flexibility index (Phi) is 2.21. The van der Waals surface area contributed by atoms with E-state index < -0.39 is 0 Å². The number of fused-ring (bicyclic) bond motifs is 1. The molecular formula is C10H14N6. The predicted molar refractivity (Wildman–Crippen MR) is 60.2 cm³/mol. The summed E-state index contributed by atoms with van der Waals surface area (Å²) in [7, 11) is 0. The Hall–Kier alpha value is -1.69. The van der Waals surface area contributed by atoms with E-state index in [2.05, 4.69) is 20.1 Å². The number of hydrogen-bond donors (Lipinski definition) is 1. The maximum Gasteiger partial charge on any atom is 0.203 e. The molecule has 0 bridgehead atoms. The average Bonchev–Trinajstić information content (AvgIpc) is 2.96. The summed E-state index contributed by atoms with van der Waals surface area (Å²) < 4.78 is 1.88. The molecule has 2 N–H and O–H groups in total. The summed E-state index contributed by atoms with van der Waals surface area (Å²) in [6.07, 6.45) is 7.62. The fourth-order valence-corrected chi connectivity index (χ4v) is 2.31. The minimum absolute atomic E-state index is 0.385. The molecule has 3 rings (SSSR count). The smallest absolute Gasteiger partial charge is 0.203 e. The monoisotopic (exact) mass is 218 g/mol. The molecule has 1 unspecified atom stereocenters. The topological polar surface area (TPSA) is 72.3 Å². The number of rotatable bonds is 2. The first-order valence-electron chi connectivity index (χ1n) is 5.51. The molecule has 0 aromatic carbocycles. The van der Waals surface area contributed by atoms with Gasteiger partial charge in [-0.15, -0.1) is 10.2 Å². The molecular weight excluding hydrogens is 204 g/mol. The number of aromatic nitrogens is 4. The third kappa shape index (κ3) is 1.34. The van der Waals surface area contributed by atoms with Crippen molar-refractivity contribution in [2.24, 2.45) is 5.73 Å². The van der Waals surface area contributed by atoms with Crippen LogP contribution in [0.4, 0.5) is 5.82 Å². The van der Waals surface area contributed by atoms with Crippen LogP contribution >= 0.6 is 0 Å². The third-order valence-electron chi connectivity index (χ3n) is 3.12. The van der Waals surface area contributed by atoms with E-state index in [9.17, 15) is 0 Å². The molecule has 2 aromatic rings. The summed E-state index contributed by atoms with van der Waals surface area (Å²) in [6.45, 7) is 1.66. The first-order chi connectivity index (χ1) is 7.90. The van der Waals surface area contributed by atoms with Crippen molar-refractivity contribution in [3.63, 3.8) is 0 Å². The van der Waals surface area contributed by atoms with E-state index in [0.29, 0.717) is 12.6 Å². The predicted octanol–water partition coefficient (Wildman–Crippen LogP) is 0.0518. The minimum Gasteiger partial charge on any atom is -0.349 e. The number of anilines is 1. The molecule has 0 amide bonds. The van der Waals surface area contributed by atoms with Crippen LogP contribution in [0.25, 0.3) is 5.65 Å². The lowest BCUT2D eigenvalue weighted by molar-refractivity contribution is 0.671. The van der Waals surface area contributed by atoms with Gasteiger partial charge in [-0.25, -0.2) is 4.98 Å². The van der Waals surface area contributed by atoms with E-state index in [4.69, 9.17) is 5.73 Å². The third-order valence-corrected chi connectivity index (χ3v) is 3.12. The second-order valence-corrected chi connectivity index (χ2v) is 4.04. The molecule has 1 aliphatic heterocycles. The number of nitrogens with zero attached hydrogens (tertiary/aromatic N) is 5. The Morgan fingerprint density at radius 1 is 1.50 bits per heavy atom. The lowest BCUT2D eigenvalue weighted by Gasteiger charge is -2.24. The van der Waals surface area contributed by atoms with Crippen molar-refractivity contribution in [3.05, 3.63) is 18.7 Å². The zero-order valence-corrected chi connectivity index (χ0v) is 8.95. The van der Waals surface area contributed by atoms with Crippen LogP contribution < -0.4 is 10.6 Å². The van der Waals surface area contributed by atoms with Gasteiger partial charge in [-0.1, -0.05) is 0 Å². The summed E-state index contributed by atoms with van der Waals surface area (Å²) in [5.74, 6) is 0.896. The van der Waals surface area contributed by atoms with Gasteiger partial charge in [0.2, 0.25) is 5.65 Å². The lowest BCUT2D eigenvalue weighted by atomic mass is 10.2. The molecule has 0 radical (unpaired) electrons. The maximum atomic E-state index is 5.77. The van der Waals surface area contributed by atoms with Crippen LogP contribution in [0.15, 0.2) is 18.7 Å². The van der Waals surface area contributed by atoms with Crippen LogP contribution in [0.5, 0.6) is 0 Å². The molecule has 0 saturated carbocycles. The van der Waals surface area contributed by atoms with Gasteiger partial charge in [0, 0.05) is 31.5 Å². The van der Waals surface area contributed by atoms with Gasteiger partial charge in [0.05, 0.1) is 0 Å². The van der Waals surface area contributed by atoms with E-state index in [-0.39, 0.29) is 0 Å². The highest BCUT2D eigenvalue weighted by molar-refractivity contribution is 5.64. The van der Waals surface area contributed by atoms with Gasteiger partial charge in [-0.05, 0) is 12.8 Å². The fourth-order valence-electron chi connectivity index (χ4n) is 2.31. The number of hydrogen-bond acceptors (Lipinski definition) is 5. The van der Waals surface area contributed by atoms with Crippen molar-refractivity contribution in [3.8, 4) is 0 Å². The van der Waals surface area contributed by atoms with Gasteiger partial charge in [-0.2, -0.15) is 0 Å². The quantitative estimate of drug-likeness (QED) is 0.771. The molecule has 84 valence electrons. The molecule has 3 heterocycles. The van der Waals surface area contributed by atoms with Gasteiger partial charge < -0.3 is 10.6 Å². The van der Waals surface area contributed by atoms with Crippen LogP contribution in [0.1, 0.15) is 12.8 Å². The van der Waals surface area contributed by atoms with Gasteiger partial charge in [0.25, 0.3) is 0 Å². The van der Waals surface area contributed by atoms with Crippen LogP contribution in [-0.4, -0.2) is 38.7 Å². The Labute approximate surface area is 93.1 Å². The molecule has 1 fully saturated rings. The Bertz CT molecular complexity index is 493. The van der Waals surface area contributed by atoms with Crippen LogP contribution in [0.2, 0.25) is 0 Å².